The molecule has 2 aliphatic heterocycles. The van der Waals surface area contributed by atoms with Gasteiger partial charge in [0.1, 0.15) is 22.8 Å². The maximum absolute atomic E-state index is 12.1. The van der Waals surface area contributed by atoms with Gasteiger partial charge in [0.05, 0.1) is 39.0 Å². The van der Waals surface area contributed by atoms with E-state index in [0.29, 0.717) is 70.8 Å². The van der Waals surface area contributed by atoms with Gasteiger partial charge in [0.2, 0.25) is 0 Å². The summed E-state index contributed by atoms with van der Waals surface area (Å²) in [4.78, 5) is 77.6. The molecule has 0 aromatic carbocycles. The molecule has 0 saturated carbocycles. The summed E-state index contributed by atoms with van der Waals surface area (Å²) in [5, 5.41) is 20.7. The second-order valence-electron chi connectivity index (χ2n) is 15.2. The number of carboxylic acids is 2. The molecule has 2 heterocycles. The number of carbonyl (C=O) groups is 6. The van der Waals surface area contributed by atoms with E-state index in [1.807, 2.05) is 46.4 Å². The van der Waals surface area contributed by atoms with Crippen molar-refractivity contribution in [3.05, 3.63) is 0 Å². The van der Waals surface area contributed by atoms with Crippen molar-refractivity contribution in [1.82, 2.24) is 29.8 Å². The fraction of sp³-hybridized carbons (Fsp3) is 0.838. The predicted octanol–water partition coefficient (Wildman–Crippen LogP) is 1.93. The van der Waals surface area contributed by atoms with Crippen molar-refractivity contribution in [2.24, 2.45) is 0 Å². The first-order valence-electron chi connectivity index (χ1n) is 18.3. The monoisotopic (exact) mass is 838 g/mol. The molecule has 2 fully saturated rings. The number of nitrogens with one attached hydrogen (secondary N) is 1. The summed E-state index contributed by atoms with van der Waals surface area (Å²) in [7, 11) is 0. The molecule has 0 atom stereocenters. The summed E-state index contributed by atoms with van der Waals surface area (Å²) in [6.45, 7) is 25.2. The molecule has 316 valence electrons. The van der Waals surface area contributed by atoms with Crippen molar-refractivity contribution in [2.45, 2.75) is 86.9 Å². The highest BCUT2D eigenvalue weighted by atomic mass is 79.9. The van der Waals surface area contributed by atoms with E-state index in [2.05, 4.69) is 40.8 Å². The Labute approximate surface area is 332 Å². The van der Waals surface area contributed by atoms with E-state index >= 15 is 0 Å². The molecule has 3 N–H and O–H groups in total. The molecular weight excluding hydrogens is 768 g/mol. The van der Waals surface area contributed by atoms with Gasteiger partial charge in [-0.3, -0.25) is 48.4 Å². The number of ether oxygens (including phenoxy) is 2. The van der Waals surface area contributed by atoms with Crippen molar-refractivity contribution in [1.29, 1.82) is 0 Å². The quantitative estimate of drug-likeness (QED) is 0.180. The van der Waals surface area contributed by atoms with E-state index in [0.717, 1.165) is 39.3 Å². The Kier molecular flexibility index (Phi) is 28.6. The van der Waals surface area contributed by atoms with Gasteiger partial charge in [0.15, 0.2) is 0 Å². The molecule has 0 radical (unpaired) electrons. The first kappa shape index (κ1) is 53.6. The van der Waals surface area contributed by atoms with Crippen LogP contribution in [-0.4, -0.2) is 198 Å². The molecule has 54 heavy (non-hydrogen) atoms. The van der Waals surface area contributed by atoms with Gasteiger partial charge in [0.25, 0.3) is 0 Å². The van der Waals surface area contributed by atoms with E-state index in [1.165, 1.54) is 0 Å². The number of ketones is 2. The van der Waals surface area contributed by atoms with E-state index in [9.17, 15) is 28.8 Å². The van der Waals surface area contributed by atoms with Crippen molar-refractivity contribution >= 4 is 51.4 Å². The van der Waals surface area contributed by atoms with Gasteiger partial charge in [-0.2, -0.15) is 0 Å². The van der Waals surface area contributed by atoms with Crippen LogP contribution in [0.1, 0.15) is 75.7 Å². The summed E-state index contributed by atoms with van der Waals surface area (Å²) in [5.41, 5.74) is -0.972. The molecule has 2 saturated heterocycles. The van der Waals surface area contributed by atoms with E-state index < -0.39 is 23.1 Å². The van der Waals surface area contributed by atoms with Crippen molar-refractivity contribution in [2.75, 3.05) is 117 Å². The summed E-state index contributed by atoms with van der Waals surface area (Å²) in [5.74, 6) is -1.78. The maximum Gasteiger partial charge on any atom is 0.320 e. The molecule has 0 amide bonds. The summed E-state index contributed by atoms with van der Waals surface area (Å²) in [6.07, 6.45) is 0.290. The number of halogens is 1. The van der Waals surface area contributed by atoms with Crippen molar-refractivity contribution in [3.8, 4) is 0 Å². The zero-order chi connectivity index (χ0) is 40.6. The van der Waals surface area contributed by atoms with Crippen molar-refractivity contribution in [3.63, 3.8) is 0 Å². The molecule has 0 aromatic heterocycles. The summed E-state index contributed by atoms with van der Waals surface area (Å²) in [6, 6.07) is 0. The van der Waals surface area contributed by atoms with E-state index in [-0.39, 0.29) is 50.3 Å². The van der Waals surface area contributed by atoms with Crippen LogP contribution in [-0.2, 0) is 38.2 Å². The van der Waals surface area contributed by atoms with Crippen LogP contribution in [0.25, 0.3) is 0 Å². The molecule has 2 rings (SSSR count). The second kappa shape index (κ2) is 28.8. The van der Waals surface area contributed by atoms with E-state index in [1.54, 1.807) is 13.8 Å². The SMILES string of the molecule is C.CC(=O)CN1CCN(CCC(=O)O)CCN(CC(=O)OC(C)(C)C)CC1.CC(=O)CN1CCNCCN(CC(=O)OC(C)(C)C)CC1.O=C(O)CCBr. The van der Waals surface area contributed by atoms with Crippen LogP contribution >= 0.6 is 15.9 Å². The normalized spacial score (nSPS) is 17.4. The zero-order valence-electron chi connectivity index (χ0n) is 33.4. The molecule has 0 spiro atoms. The first-order chi connectivity index (χ1) is 24.6. The standard InChI is InChI=1S/C18H33N3O5.C15H29N3O3.C3H5BrO2.CH4/c1-15(22)13-20-9-7-19(6-5-16(23)24)8-10-21(12-11-20)14-17(25)26-18(2,3)4;1-13(19)11-17-7-5-16-6-8-18(10-9-17)12-14(20)21-15(2,3)4;4-2-1-3(5)6;/h5-14H2,1-4H3,(H,23,24);16H,5-12H2,1-4H3;1-2H2,(H,5,6);1H4. The van der Waals surface area contributed by atoms with Crippen LogP contribution in [0.2, 0.25) is 0 Å². The number of nitrogens with zero attached hydrogens (tertiary/aromatic N) is 5. The molecule has 17 heteroatoms. The average molecular weight is 840 g/mol. The number of Topliss-reactive ketones (excluding diaryl/α,β-unsaturated/α-hetero) is 2. The number of alkyl halides is 1. The number of esters is 2. The number of aliphatic carboxylic acids is 2. The van der Waals surface area contributed by atoms with Gasteiger partial charge >= 0.3 is 23.9 Å². The van der Waals surface area contributed by atoms with Crippen LogP contribution in [0.3, 0.4) is 0 Å². The second-order valence-corrected chi connectivity index (χ2v) is 16.0. The third-order valence-electron chi connectivity index (χ3n) is 7.53. The molecule has 16 nitrogen and oxygen atoms in total. The number of rotatable bonds is 13. The lowest BCUT2D eigenvalue weighted by molar-refractivity contribution is -0.157. The smallest absolute Gasteiger partial charge is 0.320 e. The fourth-order valence-electron chi connectivity index (χ4n) is 5.22. The van der Waals surface area contributed by atoms with Gasteiger partial charge in [-0.1, -0.05) is 23.4 Å². The van der Waals surface area contributed by atoms with Gasteiger partial charge in [0, 0.05) is 90.4 Å². The minimum absolute atomic E-state index is 0. The van der Waals surface area contributed by atoms with Gasteiger partial charge < -0.3 is 29.9 Å². The number of hydrogen-bond donors (Lipinski definition) is 3. The van der Waals surface area contributed by atoms with Crippen LogP contribution in [0.15, 0.2) is 0 Å². The molecule has 0 bridgehead atoms. The lowest BCUT2D eigenvalue weighted by Gasteiger charge is -2.26. The Hall–Kier alpha value is -2.54. The number of carboxylic acid groups (broad SMARTS) is 2. The highest BCUT2D eigenvalue weighted by Gasteiger charge is 2.23. The summed E-state index contributed by atoms with van der Waals surface area (Å²) < 4.78 is 10.8. The molecule has 0 aromatic rings. The minimum Gasteiger partial charge on any atom is -0.481 e. The Morgan fingerprint density at radius 3 is 1.17 bits per heavy atom. The maximum atomic E-state index is 12.1. The van der Waals surface area contributed by atoms with E-state index in [4.69, 9.17) is 19.7 Å². The Balaban J connectivity index is 0. The van der Waals surface area contributed by atoms with Gasteiger partial charge in [-0.15, -0.1) is 0 Å². The third kappa shape index (κ3) is 32.9. The van der Waals surface area contributed by atoms with Crippen LogP contribution in [0, 0.1) is 0 Å². The third-order valence-corrected chi connectivity index (χ3v) is 7.92. The average Bonchev–Trinajstić information content (AvgIpc) is 3.14. The molecular formula is C37H71BrN6O10. The van der Waals surface area contributed by atoms with Crippen LogP contribution in [0.4, 0.5) is 0 Å². The van der Waals surface area contributed by atoms with Crippen molar-refractivity contribution < 1.29 is 48.5 Å². The largest absolute Gasteiger partial charge is 0.481 e. The predicted molar refractivity (Wildman–Crippen MR) is 213 cm³/mol. The molecule has 0 aliphatic carbocycles. The topological polar surface area (TPSA) is 190 Å². The number of carbonyl (C=O) groups excluding carboxylic acids is 4. The zero-order valence-corrected chi connectivity index (χ0v) is 35.0. The highest BCUT2D eigenvalue weighted by molar-refractivity contribution is 9.09. The Morgan fingerprint density at radius 2 is 0.870 bits per heavy atom. The molecule has 2 aliphatic rings. The van der Waals surface area contributed by atoms with Crippen LogP contribution in [0.5, 0.6) is 0 Å². The Bertz CT molecular complexity index is 1130. The first-order valence-corrected chi connectivity index (χ1v) is 19.4. The number of hydrogen-bond acceptors (Lipinski definition) is 14. The van der Waals surface area contributed by atoms with Gasteiger partial charge in [-0.05, 0) is 55.4 Å². The fourth-order valence-corrected chi connectivity index (χ4v) is 5.56. The lowest BCUT2D eigenvalue weighted by Crippen LogP contribution is -2.41. The van der Waals surface area contributed by atoms with Gasteiger partial charge in [-0.25, -0.2) is 0 Å². The van der Waals surface area contributed by atoms with Crippen LogP contribution < -0.4 is 5.32 Å². The minimum atomic E-state index is -0.823. The summed E-state index contributed by atoms with van der Waals surface area (Å²) >= 11 is 2.97. The molecule has 0 unspecified atom stereocenters. The lowest BCUT2D eigenvalue weighted by atomic mass is 10.2. The highest BCUT2D eigenvalue weighted by Crippen LogP contribution is 2.09. The Morgan fingerprint density at radius 1 is 0.556 bits per heavy atom.